The minimum Gasteiger partial charge on any atom is -0.332 e. The van der Waals surface area contributed by atoms with Crippen LogP contribution in [0.5, 0.6) is 0 Å². The molecular formula is C6H10N2O. The van der Waals surface area contributed by atoms with Crippen molar-refractivity contribution >= 4 is 6.29 Å². The van der Waals surface area contributed by atoms with Crippen LogP contribution in [0.25, 0.3) is 0 Å². The molecule has 9 heavy (non-hydrogen) atoms. The number of rotatable bonds is 1. The standard InChI is InChI=1S/C5H6N2O.CH4/c1-7-3-2-6-5(7)4-8;/h2-4H,1H3;1H4. The molecule has 0 N–H and O–H groups in total. The van der Waals surface area contributed by atoms with Crippen LogP contribution >= 0.6 is 0 Å². The van der Waals surface area contributed by atoms with Crippen molar-refractivity contribution < 1.29 is 4.79 Å². The van der Waals surface area contributed by atoms with Gasteiger partial charge in [-0.3, -0.25) is 4.79 Å². The third-order valence-corrected chi connectivity index (χ3v) is 0.964. The summed E-state index contributed by atoms with van der Waals surface area (Å²) >= 11 is 0. The van der Waals surface area contributed by atoms with E-state index < -0.39 is 0 Å². The van der Waals surface area contributed by atoms with Gasteiger partial charge in [-0.15, -0.1) is 0 Å². The molecule has 3 nitrogen and oxygen atoms in total. The lowest BCUT2D eigenvalue weighted by Gasteiger charge is -1.86. The normalized spacial score (nSPS) is 8.11. The molecule has 1 rings (SSSR count). The summed E-state index contributed by atoms with van der Waals surface area (Å²) in [5.41, 5.74) is 0. The molecule has 1 aromatic heterocycles. The summed E-state index contributed by atoms with van der Waals surface area (Å²) in [6, 6.07) is 0. The summed E-state index contributed by atoms with van der Waals surface area (Å²) in [7, 11) is 1.77. The van der Waals surface area contributed by atoms with Crippen LogP contribution in [0.15, 0.2) is 12.4 Å². The third kappa shape index (κ3) is 1.38. The zero-order chi connectivity index (χ0) is 5.98. The zero-order valence-corrected chi connectivity index (χ0v) is 4.53. The molecule has 1 heterocycles. The summed E-state index contributed by atoms with van der Waals surface area (Å²) < 4.78 is 1.66. The van der Waals surface area contributed by atoms with Crippen molar-refractivity contribution in [3.63, 3.8) is 0 Å². The first-order valence-corrected chi connectivity index (χ1v) is 2.27. The van der Waals surface area contributed by atoms with Gasteiger partial charge in [0.05, 0.1) is 0 Å². The van der Waals surface area contributed by atoms with E-state index in [0.717, 1.165) is 6.29 Å². The average Bonchev–Trinajstić information content (AvgIpc) is 2.14. The predicted molar refractivity (Wildman–Crippen MR) is 35.3 cm³/mol. The Balaban J connectivity index is 0.000000640. The second-order valence-corrected chi connectivity index (χ2v) is 1.51. The van der Waals surface area contributed by atoms with Gasteiger partial charge in [0.15, 0.2) is 12.1 Å². The van der Waals surface area contributed by atoms with Crippen LogP contribution in [0, 0.1) is 0 Å². The lowest BCUT2D eigenvalue weighted by Crippen LogP contribution is -1.92. The zero-order valence-electron chi connectivity index (χ0n) is 4.53. The van der Waals surface area contributed by atoms with Crippen LogP contribution < -0.4 is 0 Å². The topological polar surface area (TPSA) is 34.9 Å². The molecular weight excluding hydrogens is 116 g/mol. The molecule has 0 radical (unpaired) electrons. The SMILES string of the molecule is C.Cn1ccnc1C=O. The molecule has 50 valence electrons. The summed E-state index contributed by atoms with van der Waals surface area (Å²) in [6.07, 6.45) is 4.04. The van der Waals surface area contributed by atoms with E-state index >= 15 is 0 Å². The van der Waals surface area contributed by atoms with Crippen molar-refractivity contribution in [3.8, 4) is 0 Å². The first-order chi connectivity index (χ1) is 3.84. The fourth-order valence-corrected chi connectivity index (χ4v) is 0.491. The van der Waals surface area contributed by atoms with Crippen molar-refractivity contribution in [2.24, 2.45) is 7.05 Å². The Morgan fingerprint density at radius 2 is 2.44 bits per heavy atom. The average molecular weight is 126 g/mol. The second kappa shape index (κ2) is 3.02. The van der Waals surface area contributed by atoms with Crippen LogP contribution in [0.2, 0.25) is 0 Å². The molecule has 0 atom stereocenters. The number of imidazole rings is 1. The van der Waals surface area contributed by atoms with Gasteiger partial charge in [0, 0.05) is 19.4 Å². The molecule has 0 amide bonds. The summed E-state index contributed by atoms with van der Waals surface area (Å²) in [5.74, 6) is 0.463. The van der Waals surface area contributed by atoms with Gasteiger partial charge in [0.2, 0.25) is 0 Å². The Bertz CT molecular complexity index is 193. The van der Waals surface area contributed by atoms with Crippen molar-refractivity contribution in [2.45, 2.75) is 7.43 Å². The molecule has 0 aliphatic carbocycles. The summed E-state index contributed by atoms with van der Waals surface area (Å²) in [4.78, 5) is 13.7. The molecule has 0 fully saturated rings. The minimum absolute atomic E-state index is 0. The quantitative estimate of drug-likeness (QED) is 0.523. The molecule has 3 heteroatoms. The van der Waals surface area contributed by atoms with Crippen molar-refractivity contribution in [3.05, 3.63) is 18.2 Å². The highest BCUT2D eigenvalue weighted by Gasteiger charge is 1.91. The molecule has 0 bridgehead atoms. The van der Waals surface area contributed by atoms with E-state index in [0.29, 0.717) is 5.82 Å². The van der Waals surface area contributed by atoms with E-state index in [-0.39, 0.29) is 7.43 Å². The van der Waals surface area contributed by atoms with E-state index in [1.807, 2.05) is 0 Å². The molecule has 1 aromatic rings. The van der Waals surface area contributed by atoms with Gasteiger partial charge >= 0.3 is 0 Å². The number of nitrogens with zero attached hydrogens (tertiary/aromatic N) is 2. The third-order valence-electron chi connectivity index (χ3n) is 0.964. The lowest BCUT2D eigenvalue weighted by atomic mass is 10.7. The second-order valence-electron chi connectivity index (χ2n) is 1.51. The maximum Gasteiger partial charge on any atom is 0.185 e. The predicted octanol–water partition coefficient (Wildman–Crippen LogP) is 0.869. The van der Waals surface area contributed by atoms with Gasteiger partial charge in [-0.1, -0.05) is 7.43 Å². The van der Waals surface area contributed by atoms with Crippen molar-refractivity contribution in [1.82, 2.24) is 9.55 Å². The highest BCUT2D eigenvalue weighted by molar-refractivity contribution is 5.68. The monoisotopic (exact) mass is 126 g/mol. The highest BCUT2D eigenvalue weighted by atomic mass is 16.1. The van der Waals surface area contributed by atoms with Gasteiger partial charge in [-0.25, -0.2) is 4.98 Å². The van der Waals surface area contributed by atoms with Crippen LogP contribution in [-0.2, 0) is 7.05 Å². The first-order valence-electron chi connectivity index (χ1n) is 2.27. The Kier molecular flexibility index (Phi) is 2.64. The van der Waals surface area contributed by atoms with Crippen LogP contribution in [0.3, 0.4) is 0 Å². The number of carbonyl (C=O) groups is 1. The highest BCUT2D eigenvalue weighted by Crippen LogP contribution is 1.86. The number of hydrogen-bond acceptors (Lipinski definition) is 2. The van der Waals surface area contributed by atoms with Crippen molar-refractivity contribution in [2.75, 3.05) is 0 Å². The molecule has 0 saturated carbocycles. The van der Waals surface area contributed by atoms with Gasteiger partial charge in [0.25, 0.3) is 0 Å². The van der Waals surface area contributed by atoms with E-state index in [1.54, 1.807) is 24.0 Å². The Morgan fingerprint density at radius 3 is 2.67 bits per heavy atom. The lowest BCUT2D eigenvalue weighted by molar-refractivity contribution is 0.111. The van der Waals surface area contributed by atoms with Crippen LogP contribution in [0.4, 0.5) is 0 Å². The molecule has 0 saturated heterocycles. The van der Waals surface area contributed by atoms with Gasteiger partial charge in [-0.2, -0.15) is 0 Å². The largest absolute Gasteiger partial charge is 0.332 e. The maximum absolute atomic E-state index is 10.0. The molecule has 0 aliphatic rings. The molecule has 0 aromatic carbocycles. The summed E-state index contributed by atoms with van der Waals surface area (Å²) in [5, 5.41) is 0. The fraction of sp³-hybridized carbons (Fsp3) is 0.333. The van der Waals surface area contributed by atoms with Gasteiger partial charge in [0.1, 0.15) is 0 Å². The van der Waals surface area contributed by atoms with Gasteiger partial charge < -0.3 is 4.57 Å². The number of hydrogen-bond donors (Lipinski definition) is 0. The minimum atomic E-state index is 0. The number of aryl methyl sites for hydroxylation is 1. The summed E-state index contributed by atoms with van der Waals surface area (Å²) in [6.45, 7) is 0. The van der Waals surface area contributed by atoms with Crippen LogP contribution in [0.1, 0.15) is 18.0 Å². The number of aromatic nitrogens is 2. The van der Waals surface area contributed by atoms with E-state index in [4.69, 9.17) is 0 Å². The van der Waals surface area contributed by atoms with Crippen LogP contribution in [-0.4, -0.2) is 15.8 Å². The van der Waals surface area contributed by atoms with E-state index in [9.17, 15) is 4.79 Å². The Hall–Kier alpha value is -1.12. The van der Waals surface area contributed by atoms with E-state index in [1.165, 1.54) is 0 Å². The number of aldehydes is 1. The number of carbonyl (C=O) groups excluding carboxylic acids is 1. The maximum atomic E-state index is 10.0. The molecule has 0 aliphatic heterocycles. The van der Waals surface area contributed by atoms with Gasteiger partial charge in [-0.05, 0) is 0 Å². The smallest absolute Gasteiger partial charge is 0.185 e. The van der Waals surface area contributed by atoms with E-state index in [2.05, 4.69) is 4.98 Å². The molecule has 0 unspecified atom stereocenters. The molecule has 0 spiro atoms. The first kappa shape index (κ1) is 7.88. The fourth-order valence-electron chi connectivity index (χ4n) is 0.491. The van der Waals surface area contributed by atoms with Crippen molar-refractivity contribution in [1.29, 1.82) is 0 Å². The Labute approximate surface area is 54.3 Å². The Morgan fingerprint density at radius 1 is 1.78 bits per heavy atom.